The first-order valence-electron chi connectivity index (χ1n) is 9.22. The molecule has 4 aromatic rings. The Labute approximate surface area is 183 Å². The van der Waals surface area contributed by atoms with Gasteiger partial charge in [-0.1, -0.05) is 42.3 Å². The van der Waals surface area contributed by atoms with Gasteiger partial charge in [0, 0.05) is 32.6 Å². The lowest BCUT2D eigenvalue weighted by Crippen LogP contribution is -2.38. The number of benzene rings is 2. The number of hydrogen-bond acceptors (Lipinski definition) is 5. The SMILES string of the molecule is CC(c1ccc2cc(C#N)ccc2n1)C(O)(Cn1cncn1)c1ccc(Cl)cc1Cl. The molecule has 2 aromatic carbocycles. The van der Waals surface area contributed by atoms with Gasteiger partial charge in [-0.2, -0.15) is 10.4 Å². The standard InChI is InChI=1S/C22H17Cl2N5O/c1-14(20-7-3-16-8-15(10-25)2-6-21(16)28-20)22(30,11-29-13-26-12-27-29)18-5-4-17(23)9-19(18)24/h2-9,12-14,30H,11H2,1H3. The van der Waals surface area contributed by atoms with Gasteiger partial charge in [-0.3, -0.25) is 4.98 Å². The van der Waals surface area contributed by atoms with Gasteiger partial charge >= 0.3 is 0 Å². The second-order valence-electron chi connectivity index (χ2n) is 7.12. The molecule has 0 bridgehead atoms. The van der Waals surface area contributed by atoms with Gasteiger partial charge < -0.3 is 5.11 Å². The Kier molecular flexibility index (Phi) is 5.44. The van der Waals surface area contributed by atoms with Crippen molar-refractivity contribution in [3.05, 3.63) is 88.1 Å². The zero-order valence-corrected chi connectivity index (χ0v) is 17.5. The topological polar surface area (TPSA) is 87.6 Å². The van der Waals surface area contributed by atoms with E-state index in [1.165, 1.54) is 6.33 Å². The van der Waals surface area contributed by atoms with E-state index in [-0.39, 0.29) is 6.54 Å². The lowest BCUT2D eigenvalue weighted by atomic mass is 9.80. The van der Waals surface area contributed by atoms with Crippen LogP contribution in [0.1, 0.15) is 29.7 Å². The number of hydrogen-bond donors (Lipinski definition) is 1. The predicted molar refractivity (Wildman–Crippen MR) is 115 cm³/mol. The first-order chi connectivity index (χ1) is 14.4. The molecule has 2 atom stereocenters. The lowest BCUT2D eigenvalue weighted by molar-refractivity contribution is -0.00894. The molecule has 0 amide bonds. The van der Waals surface area contributed by atoms with Gasteiger partial charge in [0.1, 0.15) is 18.3 Å². The third-order valence-corrected chi connectivity index (χ3v) is 5.81. The van der Waals surface area contributed by atoms with E-state index in [2.05, 4.69) is 16.2 Å². The minimum atomic E-state index is -1.43. The van der Waals surface area contributed by atoms with E-state index < -0.39 is 11.5 Å². The fourth-order valence-corrected chi connectivity index (χ4v) is 4.13. The third kappa shape index (κ3) is 3.75. The van der Waals surface area contributed by atoms with Crippen LogP contribution in [0, 0.1) is 11.3 Å². The highest BCUT2D eigenvalue weighted by Gasteiger charge is 2.40. The number of pyridine rings is 1. The molecule has 0 spiro atoms. The number of aromatic nitrogens is 4. The minimum absolute atomic E-state index is 0.128. The summed E-state index contributed by atoms with van der Waals surface area (Å²) < 4.78 is 1.56. The van der Waals surface area contributed by atoms with Gasteiger partial charge in [-0.05, 0) is 36.4 Å². The maximum Gasteiger partial charge on any atom is 0.137 e. The summed E-state index contributed by atoms with van der Waals surface area (Å²) >= 11 is 12.5. The average molecular weight is 438 g/mol. The third-order valence-electron chi connectivity index (χ3n) is 5.27. The molecule has 150 valence electrons. The van der Waals surface area contributed by atoms with Crippen LogP contribution < -0.4 is 0 Å². The number of rotatable bonds is 5. The minimum Gasteiger partial charge on any atom is -0.382 e. The first-order valence-corrected chi connectivity index (χ1v) is 9.97. The average Bonchev–Trinajstić information content (AvgIpc) is 3.25. The zero-order valence-electron chi connectivity index (χ0n) is 16.0. The summed E-state index contributed by atoms with van der Waals surface area (Å²) in [5, 5.41) is 26.8. The van der Waals surface area contributed by atoms with E-state index in [1.807, 2.05) is 19.1 Å². The quantitative estimate of drug-likeness (QED) is 0.488. The van der Waals surface area contributed by atoms with Gasteiger partial charge in [0.15, 0.2) is 0 Å². The molecule has 6 nitrogen and oxygen atoms in total. The summed E-state index contributed by atoms with van der Waals surface area (Å²) in [6.45, 7) is 2.02. The highest BCUT2D eigenvalue weighted by atomic mass is 35.5. The van der Waals surface area contributed by atoms with E-state index >= 15 is 0 Å². The van der Waals surface area contributed by atoms with Crippen molar-refractivity contribution >= 4 is 34.1 Å². The van der Waals surface area contributed by atoms with Crippen LogP contribution in [-0.4, -0.2) is 24.9 Å². The van der Waals surface area contributed by atoms with Crippen LogP contribution in [0.5, 0.6) is 0 Å². The molecule has 2 unspecified atom stereocenters. The summed E-state index contributed by atoms with van der Waals surface area (Å²) in [7, 11) is 0. The molecule has 0 aliphatic heterocycles. The van der Waals surface area contributed by atoms with E-state index in [0.29, 0.717) is 26.9 Å². The second kappa shape index (κ2) is 8.04. The molecular weight excluding hydrogens is 421 g/mol. The van der Waals surface area contributed by atoms with Crippen LogP contribution in [0.2, 0.25) is 10.0 Å². The molecule has 4 rings (SSSR count). The van der Waals surface area contributed by atoms with E-state index in [0.717, 1.165) is 10.9 Å². The van der Waals surface area contributed by atoms with Crippen LogP contribution in [0.25, 0.3) is 10.9 Å². The molecule has 2 aromatic heterocycles. The zero-order chi connectivity index (χ0) is 21.3. The summed E-state index contributed by atoms with van der Waals surface area (Å²) in [5.41, 5.74) is 1.09. The van der Waals surface area contributed by atoms with Crippen LogP contribution in [-0.2, 0) is 12.1 Å². The Hall–Kier alpha value is -2.98. The van der Waals surface area contributed by atoms with Crippen LogP contribution in [0.3, 0.4) is 0 Å². The van der Waals surface area contributed by atoms with E-state index in [1.54, 1.807) is 47.4 Å². The second-order valence-corrected chi connectivity index (χ2v) is 7.96. The molecule has 0 saturated heterocycles. The van der Waals surface area contributed by atoms with Crippen LogP contribution >= 0.6 is 23.2 Å². The normalized spacial score (nSPS) is 14.2. The molecular formula is C22H17Cl2N5O. The highest BCUT2D eigenvalue weighted by molar-refractivity contribution is 6.35. The lowest BCUT2D eigenvalue weighted by Gasteiger charge is -2.35. The summed E-state index contributed by atoms with van der Waals surface area (Å²) in [5.74, 6) is -0.444. The first kappa shape index (κ1) is 20.3. The molecule has 0 saturated carbocycles. The highest BCUT2D eigenvalue weighted by Crippen LogP contribution is 2.41. The predicted octanol–water partition coefficient (Wildman–Crippen LogP) is 4.70. The largest absolute Gasteiger partial charge is 0.382 e. The maximum absolute atomic E-state index is 11.9. The van der Waals surface area contributed by atoms with E-state index in [9.17, 15) is 5.11 Å². The van der Waals surface area contributed by atoms with Crippen molar-refractivity contribution < 1.29 is 5.11 Å². The van der Waals surface area contributed by atoms with Crippen molar-refractivity contribution in [1.29, 1.82) is 5.26 Å². The van der Waals surface area contributed by atoms with Crippen molar-refractivity contribution in [1.82, 2.24) is 19.7 Å². The van der Waals surface area contributed by atoms with Crippen molar-refractivity contribution in [2.45, 2.75) is 25.0 Å². The summed E-state index contributed by atoms with van der Waals surface area (Å²) in [4.78, 5) is 8.71. The molecule has 8 heteroatoms. The molecule has 30 heavy (non-hydrogen) atoms. The smallest absolute Gasteiger partial charge is 0.137 e. The molecule has 0 radical (unpaired) electrons. The van der Waals surface area contributed by atoms with Gasteiger partial charge in [-0.25, -0.2) is 9.67 Å². The number of aliphatic hydroxyl groups is 1. The van der Waals surface area contributed by atoms with Gasteiger partial charge in [0.05, 0.1) is 23.7 Å². The van der Waals surface area contributed by atoms with Gasteiger partial charge in [0.2, 0.25) is 0 Å². The monoisotopic (exact) mass is 437 g/mol. The van der Waals surface area contributed by atoms with Gasteiger partial charge in [0.25, 0.3) is 0 Å². The fraction of sp³-hybridized carbons (Fsp3) is 0.182. The molecule has 0 aliphatic rings. The van der Waals surface area contributed by atoms with Crippen molar-refractivity contribution in [2.24, 2.45) is 0 Å². The van der Waals surface area contributed by atoms with E-state index in [4.69, 9.17) is 33.4 Å². The van der Waals surface area contributed by atoms with Crippen LogP contribution in [0.15, 0.2) is 61.2 Å². The van der Waals surface area contributed by atoms with Crippen molar-refractivity contribution in [3.8, 4) is 6.07 Å². The number of fused-ring (bicyclic) bond motifs is 1. The Morgan fingerprint density at radius 2 is 2.00 bits per heavy atom. The van der Waals surface area contributed by atoms with Gasteiger partial charge in [-0.15, -0.1) is 0 Å². The Balaban J connectivity index is 1.82. The molecule has 2 heterocycles. The van der Waals surface area contributed by atoms with Crippen LogP contribution in [0.4, 0.5) is 0 Å². The number of halogens is 2. The Bertz CT molecular complexity index is 1250. The summed E-state index contributed by atoms with van der Waals surface area (Å²) in [6, 6.07) is 16.2. The van der Waals surface area contributed by atoms with Crippen molar-refractivity contribution in [2.75, 3.05) is 0 Å². The Morgan fingerprint density at radius 1 is 1.17 bits per heavy atom. The number of nitrogens with zero attached hydrogens (tertiary/aromatic N) is 5. The number of nitriles is 1. The Morgan fingerprint density at radius 3 is 2.70 bits per heavy atom. The molecule has 0 aliphatic carbocycles. The fourth-order valence-electron chi connectivity index (χ4n) is 3.55. The molecule has 1 N–H and O–H groups in total. The van der Waals surface area contributed by atoms with Crippen molar-refractivity contribution in [3.63, 3.8) is 0 Å². The summed E-state index contributed by atoms with van der Waals surface area (Å²) in [6.07, 6.45) is 2.95. The maximum atomic E-state index is 11.9. The molecule has 0 fully saturated rings.